The zero-order chi connectivity index (χ0) is 29.3. The number of aryl methyl sites for hydroxylation is 1. The van der Waals surface area contributed by atoms with Crippen LogP contribution in [0, 0.1) is 18.3 Å². The van der Waals surface area contributed by atoms with E-state index in [1.54, 1.807) is 7.11 Å². The molecule has 8 heteroatoms. The SMILES string of the molecule is CCOc1ncc(-c2ccnc(N(CC34CCC(c5ccc(OC)c(C)c5)(CC3)CC4)C(=O)C3CCC(O)CC3)c2)s1. The number of carbonyl (C=O) groups is 1. The van der Waals surface area contributed by atoms with E-state index in [0.717, 1.165) is 73.4 Å². The normalized spacial score (nSPS) is 27.0. The minimum atomic E-state index is -0.292. The topological polar surface area (TPSA) is 84.8 Å². The lowest BCUT2D eigenvalue weighted by Crippen LogP contribution is -2.52. The molecule has 0 radical (unpaired) electrons. The molecule has 4 aliphatic carbocycles. The van der Waals surface area contributed by atoms with Crippen LogP contribution in [0.15, 0.2) is 42.7 Å². The predicted octanol–water partition coefficient (Wildman–Crippen LogP) is 7.10. The Labute approximate surface area is 253 Å². The Balaban J connectivity index is 1.26. The number of ether oxygens (including phenoxy) is 2. The fourth-order valence-corrected chi connectivity index (χ4v) is 8.41. The maximum absolute atomic E-state index is 14.2. The Morgan fingerprint density at radius 3 is 2.45 bits per heavy atom. The van der Waals surface area contributed by atoms with E-state index in [1.807, 2.05) is 36.4 Å². The number of carbonyl (C=O) groups excluding carboxylic acids is 1. The van der Waals surface area contributed by atoms with Crippen LogP contribution in [0.2, 0.25) is 0 Å². The number of pyridine rings is 1. The Hall–Kier alpha value is -2.97. The van der Waals surface area contributed by atoms with Crippen LogP contribution in [-0.4, -0.2) is 47.3 Å². The van der Waals surface area contributed by atoms with Crippen molar-refractivity contribution in [1.29, 1.82) is 0 Å². The van der Waals surface area contributed by atoms with Gasteiger partial charge in [-0.3, -0.25) is 9.69 Å². The first-order valence-electron chi connectivity index (χ1n) is 15.5. The smallest absolute Gasteiger partial charge is 0.273 e. The van der Waals surface area contributed by atoms with E-state index in [0.29, 0.717) is 31.2 Å². The van der Waals surface area contributed by atoms with E-state index >= 15 is 0 Å². The highest BCUT2D eigenvalue weighted by Crippen LogP contribution is 2.58. The van der Waals surface area contributed by atoms with Crippen LogP contribution < -0.4 is 14.4 Å². The summed E-state index contributed by atoms with van der Waals surface area (Å²) in [6, 6.07) is 10.7. The van der Waals surface area contributed by atoms with Crippen molar-refractivity contribution in [2.24, 2.45) is 11.3 Å². The lowest BCUT2D eigenvalue weighted by Gasteiger charge is -2.55. The molecule has 4 fully saturated rings. The number of anilines is 1. The summed E-state index contributed by atoms with van der Waals surface area (Å²) in [6.45, 7) is 5.37. The molecule has 3 aromatic rings. The van der Waals surface area contributed by atoms with Gasteiger partial charge in [-0.05, 0) is 124 Å². The Kier molecular flexibility index (Phi) is 8.29. The van der Waals surface area contributed by atoms with Gasteiger partial charge in [0, 0.05) is 24.9 Å². The number of fused-ring (bicyclic) bond motifs is 3. The number of aliphatic hydroxyl groups excluding tert-OH is 1. The van der Waals surface area contributed by atoms with Crippen LogP contribution >= 0.6 is 11.3 Å². The first-order valence-corrected chi connectivity index (χ1v) is 16.3. The van der Waals surface area contributed by atoms with Crippen molar-refractivity contribution < 1.29 is 19.4 Å². The molecular formula is C34H43N3O4S. The molecule has 4 aliphatic rings. The molecule has 7 rings (SSSR count). The van der Waals surface area contributed by atoms with Gasteiger partial charge in [0.25, 0.3) is 5.19 Å². The molecule has 4 saturated carbocycles. The van der Waals surface area contributed by atoms with E-state index in [1.165, 1.54) is 22.5 Å². The van der Waals surface area contributed by atoms with Crippen molar-refractivity contribution in [3.8, 4) is 21.4 Å². The molecular weight excluding hydrogens is 546 g/mol. The van der Waals surface area contributed by atoms with E-state index in [4.69, 9.17) is 14.5 Å². The number of rotatable bonds is 9. The maximum Gasteiger partial charge on any atom is 0.273 e. The molecule has 0 aliphatic heterocycles. The summed E-state index contributed by atoms with van der Waals surface area (Å²) in [5.41, 5.74) is 3.95. The number of hydrogen-bond acceptors (Lipinski definition) is 7. The van der Waals surface area contributed by atoms with E-state index in [9.17, 15) is 9.90 Å². The molecule has 0 spiro atoms. The van der Waals surface area contributed by atoms with E-state index < -0.39 is 0 Å². The quantitative estimate of drug-likeness (QED) is 0.287. The lowest BCUT2D eigenvalue weighted by atomic mass is 9.51. The van der Waals surface area contributed by atoms with Crippen molar-refractivity contribution in [2.75, 3.05) is 25.2 Å². The van der Waals surface area contributed by atoms with Gasteiger partial charge >= 0.3 is 0 Å². The number of amides is 1. The first-order chi connectivity index (χ1) is 20.3. The molecule has 0 atom stereocenters. The molecule has 1 amide bonds. The predicted molar refractivity (Wildman–Crippen MR) is 166 cm³/mol. The van der Waals surface area contributed by atoms with Gasteiger partial charge in [0.15, 0.2) is 0 Å². The summed E-state index contributed by atoms with van der Waals surface area (Å²) >= 11 is 1.51. The minimum Gasteiger partial charge on any atom is -0.496 e. The third-order valence-corrected chi connectivity index (χ3v) is 11.2. The maximum atomic E-state index is 14.2. The minimum absolute atomic E-state index is 0.0724. The molecule has 1 aromatic carbocycles. The van der Waals surface area contributed by atoms with Gasteiger partial charge in [-0.25, -0.2) is 9.97 Å². The van der Waals surface area contributed by atoms with Crippen LogP contribution in [0.3, 0.4) is 0 Å². The highest BCUT2D eigenvalue weighted by Gasteiger charge is 2.50. The second-order valence-corrected chi connectivity index (χ2v) is 13.7. The van der Waals surface area contributed by atoms with E-state index in [-0.39, 0.29) is 28.8 Å². The van der Waals surface area contributed by atoms with Gasteiger partial charge in [0.1, 0.15) is 11.6 Å². The van der Waals surface area contributed by atoms with Crippen LogP contribution in [-0.2, 0) is 10.2 Å². The summed E-state index contributed by atoms with van der Waals surface area (Å²) in [5.74, 6) is 1.76. The Morgan fingerprint density at radius 2 is 1.79 bits per heavy atom. The fourth-order valence-electron chi connectivity index (χ4n) is 7.59. The molecule has 1 N–H and O–H groups in total. The highest BCUT2D eigenvalue weighted by atomic mass is 32.1. The zero-order valence-corrected chi connectivity index (χ0v) is 25.9. The number of nitrogens with zero attached hydrogens (tertiary/aromatic N) is 3. The number of thiazole rings is 1. The molecule has 7 nitrogen and oxygen atoms in total. The third-order valence-electron chi connectivity index (χ3n) is 10.3. The molecule has 0 saturated heterocycles. The molecule has 42 heavy (non-hydrogen) atoms. The van der Waals surface area contributed by atoms with E-state index in [2.05, 4.69) is 30.1 Å². The number of methoxy groups -OCH3 is 1. The summed E-state index contributed by atoms with van der Waals surface area (Å²) in [6.07, 6.45) is 13.0. The molecule has 2 aromatic heterocycles. The van der Waals surface area contributed by atoms with Crippen molar-refractivity contribution in [3.63, 3.8) is 0 Å². The monoisotopic (exact) mass is 589 g/mol. The summed E-state index contributed by atoms with van der Waals surface area (Å²) < 4.78 is 11.1. The van der Waals surface area contributed by atoms with Gasteiger partial charge in [0.05, 0.1) is 24.7 Å². The average Bonchev–Trinajstić information content (AvgIpc) is 3.50. The van der Waals surface area contributed by atoms with Crippen molar-refractivity contribution >= 4 is 23.1 Å². The van der Waals surface area contributed by atoms with Crippen LogP contribution in [0.4, 0.5) is 5.82 Å². The Morgan fingerprint density at radius 1 is 1.05 bits per heavy atom. The summed E-state index contributed by atoms with van der Waals surface area (Å²) in [5, 5.41) is 10.8. The van der Waals surface area contributed by atoms with Crippen LogP contribution in [0.1, 0.15) is 82.3 Å². The van der Waals surface area contributed by atoms with Gasteiger partial charge in [-0.2, -0.15) is 0 Å². The van der Waals surface area contributed by atoms with Gasteiger partial charge in [-0.1, -0.05) is 23.5 Å². The average molecular weight is 590 g/mol. The third kappa shape index (κ3) is 5.68. The molecule has 0 unspecified atom stereocenters. The van der Waals surface area contributed by atoms with Crippen molar-refractivity contribution in [2.45, 2.75) is 89.6 Å². The fraction of sp³-hybridized carbons (Fsp3) is 0.559. The zero-order valence-electron chi connectivity index (χ0n) is 25.1. The lowest BCUT2D eigenvalue weighted by molar-refractivity contribution is -0.124. The van der Waals surface area contributed by atoms with Crippen LogP contribution in [0.25, 0.3) is 10.4 Å². The van der Waals surface area contributed by atoms with Gasteiger partial charge in [-0.15, -0.1) is 0 Å². The van der Waals surface area contributed by atoms with Gasteiger partial charge in [0.2, 0.25) is 5.91 Å². The first kappa shape index (κ1) is 29.1. The number of aromatic nitrogens is 2. The number of benzene rings is 1. The number of hydrogen-bond donors (Lipinski definition) is 1. The summed E-state index contributed by atoms with van der Waals surface area (Å²) in [4.78, 5) is 26.4. The second-order valence-electron chi connectivity index (χ2n) is 12.7. The molecule has 224 valence electrons. The number of aliphatic hydroxyl groups is 1. The molecule has 2 bridgehead atoms. The van der Waals surface area contributed by atoms with Crippen molar-refractivity contribution in [1.82, 2.24) is 9.97 Å². The van der Waals surface area contributed by atoms with Crippen molar-refractivity contribution in [3.05, 3.63) is 53.9 Å². The highest BCUT2D eigenvalue weighted by molar-refractivity contribution is 7.16. The van der Waals surface area contributed by atoms with Gasteiger partial charge < -0.3 is 14.6 Å². The largest absolute Gasteiger partial charge is 0.496 e. The second kappa shape index (κ2) is 12.0. The standard InChI is InChI=1S/C34H43N3O4S/c1-4-41-32-36-21-29(42-32)25-11-18-35-30(20-25)37(31(39)24-5-8-27(38)9-6-24)22-33-12-15-34(16-13-33,17-14-33)26-7-10-28(40-3)23(2)19-26/h7,10-11,18-21,24,27,38H,4-6,8-9,12-17,22H2,1-3H3. The summed E-state index contributed by atoms with van der Waals surface area (Å²) in [7, 11) is 1.73. The Bertz CT molecular complexity index is 1390. The molecule has 2 heterocycles. The van der Waals surface area contributed by atoms with Crippen LogP contribution in [0.5, 0.6) is 10.9 Å².